The van der Waals surface area contributed by atoms with Gasteiger partial charge in [-0.25, -0.2) is 10.9 Å². The van der Waals surface area contributed by atoms with Crippen molar-refractivity contribution in [2.75, 3.05) is 11.5 Å². The molecule has 0 spiro atoms. The van der Waals surface area contributed by atoms with Gasteiger partial charge in [0, 0.05) is 0 Å². The van der Waals surface area contributed by atoms with Gasteiger partial charge in [-0.1, -0.05) is 30.3 Å². The highest BCUT2D eigenvalue weighted by molar-refractivity contribution is 8.17. The second-order valence-corrected chi connectivity index (χ2v) is 5.52. The minimum absolute atomic E-state index is 0.260. The predicted molar refractivity (Wildman–Crippen MR) is 52.7 cm³/mol. The Kier molecular flexibility index (Phi) is 2.18. The summed E-state index contributed by atoms with van der Waals surface area (Å²) in [5, 5.41) is 0. The summed E-state index contributed by atoms with van der Waals surface area (Å²) >= 11 is 0. The van der Waals surface area contributed by atoms with E-state index in [2.05, 4.69) is 30.3 Å². The fourth-order valence-corrected chi connectivity index (χ4v) is 4.16. The van der Waals surface area contributed by atoms with Crippen LogP contribution < -0.4 is 0 Å². The van der Waals surface area contributed by atoms with Crippen LogP contribution in [0.1, 0.15) is 12.8 Å². The molecule has 2 rings (SSSR count). The van der Waals surface area contributed by atoms with Crippen LogP contribution in [-0.4, -0.2) is 11.5 Å². The van der Waals surface area contributed by atoms with Gasteiger partial charge in [0.2, 0.25) is 0 Å². The van der Waals surface area contributed by atoms with Gasteiger partial charge in [-0.15, -0.1) is 0 Å². The molecule has 0 aromatic heterocycles. The lowest BCUT2D eigenvalue weighted by Gasteiger charge is -2.13. The summed E-state index contributed by atoms with van der Waals surface area (Å²) in [4.78, 5) is 1.61. The standard InChI is InChI=1S/C10H14S/c1-2-6-10(7-3-1)11-8-4-5-9-11/h1-3,6-7,11H,4-5,8-9H2. The van der Waals surface area contributed by atoms with Crippen molar-refractivity contribution in [3.63, 3.8) is 0 Å². The highest BCUT2D eigenvalue weighted by Gasteiger charge is 2.11. The monoisotopic (exact) mass is 166 g/mol. The molecule has 1 aromatic carbocycles. The molecule has 0 bridgehead atoms. The van der Waals surface area contributed by atoms with Crippen LogP contribution in [0.15, 0.2) is 35.2 Å². The van der Waals surface area contributed by atoms with E-state index in [1.807, 2.05) is 0 Å². The number of hydrogen-bond acceptors (Lipinski definition) is 0. The highest BCUT2D eigenvalue weighted by Crippen LogP contribution is 2.42. The van der Waals surface area contributed by atoms with E-state index < -0.39 is 0 Å². The molecular formula is C10H14S. The Hall–Kier alpha value is -0.430. The van der Waals surface area contributed by atoms with Crippen molar-refractivity contribution in [2.45, 2.75) is 17.7 Å². The quantitative estimate of drug-likeness (QED) is 0.609. The molecule has 0 aliphatic carbocycles. The molecule has 0 amide bonds. The summed E-state index contributed by atoms with van der Waals surface area (Å²) < 4.78 is 0. The maximum absolute atomic E-state index is 2.29. The molecule has 0 saturated carbocycles. The summed E-state index contributed by atoms with van der Waals surface area (Å²) in [5.41, 5.74) is 0. The molecule has 11 heavy (non-hydrogen) atoms. The van der Waals surface area contributed by atoms with Crippen LogP contribution in [0, 0.1) is 0 Å². The lowest BCUT2D eigenvalue weighted by molar-refractivity contribution is 0.949. The zero-order chi connectivity index (χ0) is 7.52. The van der Waals surface area contributed by atoms with Gasteiger partial charge in [-0.3, -0.25) is 0 Å². The van der Waals surface area contributed by atoms with E-state index in [-0.39, 0.29) is 10.9 Å². The fourth-order valence-electron chi connectivity index (χ4n) is 1.61. The molecule has 0 nitrogen and oxygen atoms in total. The van der Waals surface area contributed by atoms with Gasteiger partial charge in [0.1, 0.15) is 0 Å². The van der Waals surface area contributed by atoms with Crippen LogP contribution in [0.4, 0.5) is 0 Å². The van der Waals surface area contributed by atoms with Gasteiger partial charge in [0.15, 0.2) is 0 Å². The van der Waals surface area contributed by atoms with Crippen molar-refractivity contribution in [3.8, 4) is 0 Å². The maximum atomic E-state index is 2.29. The summed E-state index contributed by atoms with van der Waals surface area (Å²) in [6.07, 6.45) is 2.92. The summed E-state index contributed by atoms with van der Waals surface area (Å²) in [7, 11) is 0.260. The second kappa shape index (κ2) is 3.31. The molecule has 1 aliphatic rings. The van der Waals surface area contributed by atoms with Crippen LogP contribution in [0.3, 0.4) is 0 Å². The number of thiol groups is 1. The minimum atomic E-state index is 0.260. The fraction of sp³-hybridized carbons (Fsp3) is 0.400. The van der Waals surface area contributed by atoms with Gasteiger partial charge in [0.05, 0.1) is 0 Å². The molecule has 1 fully saturated rings. The maximum Gasteiger partial charge on any atom is -0.0125 e. The van der Waals surface area contributed by atoms with Crippen LogP contribution in [0.2, 0.25) is 0 Å². The smallest absolute Gasteiger partial charge is 0.0125 e. The van der Waals surface area contributed by atoms with Gasteiger partial charge in [-0.2, -0.15) is 0 Å². The Labute approximate surface area is 71.0 Å². The Bertz CT molecular complexity index is 212. The van der Waals surface area contributed by atoms with Gasteiger partial charge < -0.3 is 0 Å². The molecular weight excluding hydrogens is 152 g/mol. The predicted octanol–water partition coefficient (Wildman–Crippen LogP) is 2.84. The Balaban J connectivity index is 2.16. The van der Waals surface area contributed by atoms with E-state index in [1.54, 1.807) is 4.90 Å². The topological polar surface area (TPSA) is 0 Å². The van der Waals surface area contributed by atoms with E-state index in [0.717, 1.165) is 0 Å². The number of rotatable bonds is 1. The van der Waals surface area contributed by atoms with Crippen molar-refractivity contribution >= 4 is 10.9 Å². The second-order valence-electron chi connectivity index (χ2n) is 3.03. The molecule has 0 radical (unpaired) electrons. The number of hydrogen-bond donors (Lipinski definition) is 1. The van der Waals surface area contributed by atoms with E-state index >= 15 is 0 Å². The lowest BCUT2D eigenvalue weighted by atomic mass is 10.4. The molecule has 1 heterocycles. The first-order valence-electron chi connectivity index (χ1n) is 4.27. The molecule has 0 unspecified atom stereocenters. The highest BCUT2D eigenvalue weighted by atomic mass is 32.2. The molecule has 0 N–H and O–H groups in total. The third-order valence-electron chi connectivity index (χ3n) is 2.23. The zero-order valence-electron chi connectivity index (χ0n) is 6.66. The van der Waals surface area contributed by atoms with Gasteiger partial charge >= 0.3 is 0 Å². The Morgan fingerprint density at radius 2 is 1.55 bits per heavy atom. The Morgan fingerprint density at radius 1 is 0.909 bits per heavy atom. The summed E-state index contributed by atoms with van der Waals surface area (Å²) in [6.45, 7) is 0. The molecule has 1 heteroatoms. The first-order chi connectivity index (χ1) is 5.47. The lowest BCUT2D eigenvalue weighted by Crippen LogP contribution is -1.82. The van der Waals surface area contributed by atoms with E-state index in [4.69, 9.17) is 0 Å². The van der Waals surface area contributed by atoms with Crippen LogP contribution in [0.5, 0.6) is 0 Å². The molecule has 1 saturated heterocycles. The average Bonchev–Trinajstić information content (AvgIpc) is 2.58. The van der Waals surface area contributed by atoms with Crippen molar-refractivity contribution in [3.05, 3.63) is 30.3 Å². The summed E-state index contributed by atoms with van der Waals surface area (Å²) in [5.74, 6) is 2.94. The number of benzene rings is 1. The van der Waals surface area contributed by atoms with E-state index in [9.17, 15) is 0 Å². The van der Waals surface area contributed by atoms with Crippen molar-refractivity contribution < 1.29 is 0 Å². The third kappa shape index (κ3) is 1.59. The van der Waals surface area contributed by atoms with Crippen LogP contribution in [0.25, 0.3) is 0 Å². The zero-order valence-corrected chi connectivity index (χ0v) is 7.56. The van der Waals surface area contributed by atoms with Crippen molar-refractivity contribution in [2.24, 2.45) is 0 Å². The first-order valence-corrected chi connectivity index (χ1v) is 5.98. The SMILES string of the molecule is c1ccc([SH]2CCCC2)cc1. The van der Waals surface area contributed by atoms with E-state index in [0.29, 0.717) is 0 Å². The van der Waals surface area contributed by atoms with Crippen molar-refractivity contribution in [1.82, 2.24) is 0 Å². The van der Waals surface area contributed by atoms with Crippen LogP contribution >= 0.6 is 10.9 Å². The molecule has 0 atom stereocenters. The third-order valence-corrected chi connectivity index (χ3v) is 4.97. The molecule has 1 aliphatic heterocycles. The first kappa shape index (κ1) is 7.23. The average molecular weight is 166 g/mol. The minimum Gasteiger partial charge on any atom is -0.227 e. The molecule has 1 aromatic rings. The summed E-state index contributed by atoms with van der Waals surface area (Å²) in [6, 6.07) is 11.0. The van der Waals surface area contributed by atoms with Crippen molar-refractivity contribution in [1.29, 1.82) is 0 Å². The normalized spacial score (nSPS) is 20.5. The van der Waals surface area contributed by atoms with Crippen LogP contribution in [-0.2, 0) is 0 Å². The van der Waals surface area contributed by atoms with Gasteiger partial charge in [0.25, 0.3) is 0 Å². The Morgan fingerprint density at radius 3 is 2.18 bits per heavy atom. The van der Waals surface area contributed by atoms with Gasteiger partial charge in [-0.05, 0) is 29.2 Å². The van der Waals surface area contributed by atoms with E-state index in [1.165, 1.54) is 24.3 Å². The molecule has 60 valence electrons. The largest absolute Gasteiger partial charge is 0.227 e.